The van der Waals surface area contributed by atoms with Crippen LogP contribution < -0.4 is 16.0 Å². The summed E-state index contributed by atoms with van der Waals surface area (Å²) in [4.78, 5) is 42.8. The molecule has 0 fully saturated rings. The number of ether oxygens (including phenoxy) is 4. The molecule has 0 aliphatic heterocycles. The highest BCUT2D eigenvalue weighted by molar-refractivity contribution is 5.81. The Bertz CT molecular complexity index is 1410. The summed E-state index contributed by atoms with van der Waals surface area (Å²) in [5, 5.41) is 7.98. The van der Waals surface area contributed by atoms with Crippen LogP contribution in [0.4, 0.5) is 9.59 Å². The van der Waals surface area contributed by atoms with Crippen LogP contribution in [0.3, 0.4) is 0 Å². The summed E-state index contributed by atoms with van der Waals surface area (Å²) in [5.41, 5.74) is 0.837. The summed E-state index contributed by atoms with van der Waals surface area (Å²) < 4.78 is 22.3. The molecule has 0 aromatic heterocycles. The molecule has 0 radical (unpaired) electrons. The molecule has 0 aliphatic rings. The van der Waals surface area contributed by atoms with Gasteiger partial charge < -0.3 is 24.3 Å². The summed E-state index contributed by atoms with van der Waals surface area (Å²) in [6, 6.07) is 25.5. The van der Waals surface area contributed by atoms with Crippen LogP contribution in [0.2, 0.25) is 0 Å². The smallest absolute Gasteiger partial charge is 0.430 e. The molecule has 0 aliphatic carbocycles. The summed E-state index contributed by atoms with van der Waals surface area (Å²) >= 11 is 0. The van der Waals surface area contributed by atoms with E-state index < -0.39 is 41.6 Å². The number of carbonyl (C=O) groups is 3. The van der Waals surface area contributed by atoms with Gasteiger partial charge in [0.2, 0.25) is 6.10 Å². The van der Waals surface area contributed by atoms with Gasteiger partial charge in [-0.05, 0) is 82.5 Å². The maximum Gasteiger partial charge on any atom is 0.430 e. The van der Waals surface area contributed by atoms with Crippen LogP contribution in [0.1, 0.15) is 64.3 Å². The SMILES string of the molecule is CC(C)(C)OC(=O)NCCN(N=Cc1ccc(OCC(ON)C(=O)OC(c2ccccc2)c2ccccc2)cc1)C(=O)OC(C)(C)C. The Morgan fingerprint density at radius 2 is 1.38 bits per heavy atom. The summed E-state index contributed by atoms with van der Waals surface area (Å²) in [6.45, 7) is 10.4. The number of hydrogen-bond donors (Lipinski definition) is 2. The highest BCUT2D eigenvalue weighted by Gasteiger charge is 2.27. The molecule has 2 amide bonds. The van der Waals surface area contributed by atoms with Crippen LogP contribution in [0.15, 0.2) is 90.0 Å². The van der Waals surface area contributed by atoms with Gasteiger partial charge in [-0.25, -0.2) is 20.3 Å². The lowest BCUT2D eigenvalue weighted by Gasteiger charge is -2.24. The molecule has 0 saturated carbocycles. The summed E-state index contributed by atoms with van der Waals surface area (Å²) in [7, 11) is 0. The molecule has 47 heavy (non-hydrogen) atoms. The number of esters is 1. The van der Waals surface area contributed by atoms with Crippen LogP contribution >= 0.6 is 0 Å². The van der Waals surface area contributed by atoms with Gasteiger partial charge in [0.05, 0.1) is 12.8 Å². The Labute approximate surface area is 275 Å². The highest BCUT2D eigenvalue weighted by atomic mass is 16.7. The van der Waals surface area contributed by atoms with E-state index in [-0.39, 0.29) is 19.7 Å². The fraction of sp³-hybridized carbons (Fsp3) is 0.371. The van der Waals surface area contributed by atoms with Crippen LogP contribution in [0, 0.1) is 0 Å². The van der Waals surface area contributed by atoms with E-state index in [1.54, 1.807) is 65.8 Å². The molecule has 3 aromatic rings. The zero-order chi connectivity index (χ0) is 34.5. The third-order valence-corrected chi connectivity index (χ3v) is 6.09. The Hall–Kier alpha value is -4.94. The first-order valence-electron chi connectivity index (χ1n) is 15.1. The molecule has 0 saturated heterocycles. The normalized spacial score (nSPS) is 12.3. The maximum atomic E-state index is 13.1. The average Bonchev–Trinajstić information content (AvgIpc) is 3.01. The van der Waals surface area contributed by atoms with Gasteiger partial charge in [0.1, 0.15) is 23.6 Å². The molecule has 0 spiro atoms. The first-order valence-corrected chi connectivity index (χ1v) is 15.1. The van der Waals surface area contributed by atoms with Crippen molar-refractivity contribution in [3.8, 4) is 5.75 Å². The van der Waals surface area contributed by atoms with E-state index >= 15 is 0 Å². The van der Waals surface area contributed by atoms with Crippen molar-refractivity contribution in [2.45, 2.75) is 65.0 Å². The van der Waals surface area contributed by atoms with Crippen molar-refractivity contribution in [3.63, 3.8) is 0 Å². The molecule has 1 unspecified atom stereocenters. The second-order valence-corrected chi connectivity index (χ2v) is 12.4. The van der Waals surface area contributed by atoms with Crippen molar-refractivity contribution in [2.75, 3.05) is 19.7 Å². The number of alkyl carbamates (subject to hydrolysis) is 1. The van der Waals surface area contributed by atoms with Gasteiger partial charge in [-0.1, -0.05) is 60.7 Å². The molecular formula is C35H44N4O8. The first-order chi connectivity index (χ1) is 22.2. The molecule has 3 aromatic carbocycles. The minimum atomic E-state index is -1.19. The van der Waals surface area contributed by atoms with Crippen molar-refractivity contribution < 1.29 is 38.2 Å². The maximum absolute atomic E-state index is 13.1. The quantitative estimate of drug-likeness (QED) is 0.102. The number of hydrazone groups is 1. The number of nitrogens with zero attached hydrogens (tertiary/aromatic N) is 2. The van der Waals surface area contributed by atoms with Crippen molar-refractivity contribution in [1.82, 2.24) is 10.3 Å². The van der Waals surface area contributed by atoms with Crippen LogP contribution in [0.5, 0.6) is 5.75 Å². The van der Waals surface area contributed by atoms with Crippen molar-refractivity contribution in [2.24, 2.45) is 11.0 Å². The largest absolute Gasteiger partial charge is 0.490 e. The minimum absolute atomic E-state index is 0.0395. The zero-order valence-corrected chi connectivity index (χ0v) is 27.7. The van der Waals surface area contributed by atoms with Crippen molar-refractivity contribution in [1.29, 1.82) is 0 Å². The van der Waals surface area contributed by atoms with E-state index in [0.29, 0.717) is 11.3 Å². The van der Waals surface area contributed by atoms with E-state index in [1.807, 2.05) is 60.7 Å². The van der Waals surface area contributed by atoms with Crippen LogP contribution in [0.25, 0.3) is 0 Å². The lowest BCUT2D eigenvalue weighted by Crippen LogP contribution is -2.40. The highest BCUT2D eigenvalue weighted by Crippen LogP contribution is 2.26. The van der Waals surface area contributed by atoms with Gasteiger partial charge in [-0.2, -0.15) is 10.1 Å². The molecule has 12 nitrogen and oxygen atoms in total. The van der Waals surface area contributed by atoms with Gasteiger partial charge in [0.25, 0.3) is 0 Å². The lowest BCUT2D eigenvalue weighted by atomic mass is 10.0. The van der Waals surface area contributed by atoms with Crippen LogP contribution in [-0.4, -0.2) is 66.4 Å². The van der Waals surface area contributed by atoms with Crippen molar-refractivity contribution in [3.05, 3.63) is 102 Å². The lowest BCUT2D eigenvalue weighted by molar-refractivity contribution is -0.163. The Morgan fingerprint density at radius 3 is 1.89 bits per heavy atom. The fourth-order valence-corrected chi connectivity index (χ4v) is 3.99. The Kier molecular flexibility index (Phi) is 13.3. The van der Waals surface area contributed by atoms with Crippen LogP contribution in [-0.2, 0) is 23.8 Å². The summed E-state index contributed by atoms with van der Waals surface area (Å²) in [5.74, 6) is 5.21. The van der Waals surface area contributed by atoms with E-state index in [2.05, 4.69) is 10.4 Å². The van der Waals surface area contributed by atoms with E-state index in [4.69, 9.17) is 29.7 Å². The zero-order valence-electron chi connectivity index (χ0n) is 27.7. The molecule has 12 heteroatoms. The number of nitrogens with one attached hydrogen (secondary N) is 1. The Balaban J connectivity index is 1.61. The number of hydrogen-bond acceptors (Lipinski definition) is 10. The molecule has 3 N–H and O–H groups in total. The standard InChI is InChI=1S/C35H44N4O8/c1-34(2,3)45-32(41)37-21-22-39(33(42)46-35(4,5)6)38-23-25-17-19-28(20-18-25)43-24-29(47-36)31(40)44-30(26-13-9-7-10-14-26)27-15-11-8-12-16-27/h7-20,23,29-30H,21-22,24,36H2,1-6H3,(H,37,41). The third-order valence-electron chi connectivity index (χ3n) is 6.09. The molecule has 0 bridgehead atoms. The van der Waals surface area contributed by atoms with E-state index in [0.717, 1.165) is 16.1 Å². The van der Waals surface area contributed by atoms with Gasteiger partial charge >= 0.3 is 18.2 Å². The van der Waals surface area contributed by atoms with Gasteiger partial charge in [0, 0.05) is 6.54 Å². The molecule has 252 valence electrons. The number of carbonyl (C=O) groups excluding carboxylic acids is 3. The summed E-state index contributed by atoms with van der Waals surface area (Å²) in [6.07, 6.45) is -1.67. The molecular weight excluding hydrogens is 604 g/mol. The number of nitrogens with two attached hydrogens (primary N) is 1. The monoisotopic (exact) mass is 648 g/mol. The second kappa shape index (κ2) is 17.1. The molecule has 0 heterocycles. The number of amides is 2. The van der Waals surface area contributed by atoms with Crippen molar-refractivity contribution >= 4 is 24.4 Å². The predicted octanol–water partition coefficient (Wildman–Crippen LogP) is 5.75. The second-order valence-electron chi connectivity index (χ2n) is 12.4. The Morgan fingerprint density at radius 1 is 0.830 bits per heavy atom. The third kappa shape index (κ3) is 13.1. The fourth-order valence-electron chi connectivity index (χ4n) is 3.99. The number of rotatable bonds is 13. The van der Waals surface area contributed by atoms with E-state index in [1.165, 1.54) is 6.21 Å². The van der Waals surface area contributed by atoms with Gasteiger partial charge in [-0.15, -0.1) is 0 Å². The van der Waals surface area contributed by atoms with E-state index in [9.17, 15) is 14.4 Å². The molecule has 3 rings (SSSR count). The van der Waals surface area contributed by atoms with Gasteiger partial charge in [-0.3, -0.25) is 4.84 Å². The average molecular weight is 649 g/mol. The minimum Gasteiger partial charge on any atom is -0.490 e. The van der Waals surface area contributed by atoms with Gasteiger partial charge in [0.15, 0.2) is 6.10 Å². The topological polar surface area (TPSA) is 151 Å². The molecule has 1 atom stereocenters. The first kappa shape index (κ1) is 36.5. The number of benzene rings is 3. The predicted molar refractivity (Wildman–Crippen MR) is 177 cm³/mol.